The number of nitrogens with zero attached hydrogens (tertiary/aromatic N) is 2. The fourth-order valence-electron chi connectivity index (χ4n) is 3.32. The monoisotopic (exact) mass is 270 g/mol. The summed E-state index contributed by atoms with van der Waals surface area (Å²) < 4.78 is 2.37. The molecule has 4 rings (SSSR count). The highest BCUT2D eigenvalue weighted by molar-refractivity contribution is 7.15. The van der Waals surface area contributed by atoms with E-state index in [1.54, 1.807) is 10.4 Å². The van der Waals surface area contributed by atoms with Crippen molar-refractivity contribution in [1.82, 2.24) is 4.57 Å². The van der Waals surface area contributed by atoms with Gasteiger partial charge in [-0.2, -0.15) is 0 Å². The van der Waals surface area contributed by atoms with E-state index in [9.17, 15) is 0 Å². The van der Waals surface area contributed by atoms with Crippen molar-refractivity contribution in [2.75, 3.05) is 0 Å². The van der Waals surface area contributed by atoms with Crippen LogP contribution in [0.2, 0.25) is 0 Å². The molecule has 0 unspecified atom stereocenters. The first kappa shape index (κ1) is 11.5. The van der Waals surface area contributed by atoms with Crippen LogP contribution < -0.4 is 0 Å². The van der Waals surface area contributed by atoms with E-state index < -0.39 is 0 Å². The second-order valence-corrected chi connectivity index (χ2v) is 6.46. The predicted molar refractivity (Wildman–Crippen MR) is 80.8 cm³/mol. The van der Waals surface area contributed by atoms with Gasteiger partial charge in [0.05, 0.1) is 18.0 Å². The van der Waals surface area contributed by atoms with Gasteiger partial charge in [0.15, 0.2) is 0 Å². The Morgan fingerprint density at radius 3 is 3.05 bits per heavy atom. The smallest absolute Gasteiger partial charge is 0.105 e. The number of hydrogen-bond donors (Lipinski definition) is 0. The first-order valence-electron chi connectivity index (χ1n) is 7.23. The molecule has 2 aromatic heterocycles. The average molecular weight is 270 g/mol. The number of aliphatic imine (C=N–C) groups is 1. The minimum absolute atomic E-state index is 0.881. The van der Waals surface area contributed by atoms with E-state index in [0.29, 0.717) is 0 Å². The number of rotatable bonds is 1. The van der Waals surface area contributed by atoms with E-state index in [-0.39, 0.29) is 0 Å². The van der Waals surface area contributed by atoms with Crippen molar-refractivity contribution in [2.45, 2.75) is 45.6 Å². The zero-order valence-electron chi connectivity index (χ0n) is 11.3. The highest BCUT2D eigenvalue weighted by Crippen LogP contribution is 2.39. The fraction of sp³-hybridized carbons (Fsp3) is 0.438. The Morgan fingerprint density at radius 1 is 1.26 bits per heavy atom. The first-order valence-corrected chi connectivity index (χ1v) is 8.05. The minimum Gasteiger partial charge on any atom is -0.307 e. The van der Waals surface area contributed by atoms with E-state index in [0.717, 1.165) is 13.0 Å². The van der Waals surface area contributed by atoms with Crippen LogP contribution in [0.1, 0.15) is 47.9 Å². The van der Waals surface area contributed by atoms with Crippen molar-refractivity contribution in [3.8, 4) is 5.00 Å². The molecular weight excluding hydrogens is 252 g/mol. The van der Waals surface area contributed by atoms with Crippen molar-refractivity contribution in [3.05, 3.63) is 40.0 Å². The number of hydrogen-bond acceptors (Lipinski definition) is 2. The average Bonchev–Trinajstić information content (AvgIpc) is 3.01. The molecule has 0 N–H and O–H groups in total. The molecule has 2 aliphatic rings. The molecule has 0 fully saturated rings. The highest BCUT2D eigenvalue weighted by Gasteiger charge is 2.24. The molecule has 0 saturated carbocycles. The summed E-state index contributed by atoms with van der Waals surface area (Å²) >= 11 is 2.00. The summed E-state index contributed by atoms with van der Waals surface area (Å²) in [7, 11) is 0. The minimum atomic E-state index is 0.881. The van der Waals surface area contributed by atoms with Crippen LogP contribution in [0.4, 0.5) is 0 Å². The van der Waals surface area contributed by atoms with Gasteiger partial charge < -0.3 is 4.57 Å². The van der Waals surface area contributed by atoms with Crippen molar-refractivity contribution >= 4 is 17.0 Å². The normalized spacial score (nSPS) is 17.2. The molecular formula is C16H18N2S. The Kier molecular flexibility index (Phi) is 2.62. The van der Waals surface area contributed by atoms with Gasteiger partial charge in [-0.3, -0.25) is 4.99 Å². The summed E-state index contributed by atoms with van der Waals surface area (Å²) in [5.41, 5.74) is 5.66. The maximum absolute atomic E-state index is 4.88. The van der Waals surface area contributed by atoms with Crippen molar-refractivity contribution in [2.24, 2.45) is 4.99 Å². The van der Waals surface area contributed by atoms with Crippen molar-refractivity contribution < 1.29 is 0 Å². The van der Waals surface area contributed by atoms with Gasteiger partial charge >= 0.3 is 0 Å². The molecule has 3 heteroatoms. The van der Waals surface area contributed by atoms with Gasteiger partial charge in [0.25, 0.3) is 0 Å². The molecule has 0 bridgehead atoms. The first-order chi connectivity index (χ1) is 9.38. The molecule has 0 saturated heterocycles. The van der Waals surface area contributed by atoms with Gasteiger partial charge in [-0.25, -0.2) is 0 Å². The van der Waals surface area contributed by atoms with Gasteiger partial charge in [0, 0.05) is 16.6 Å². The third-order valence-electron chi connectivity index (χ3n) is 4.29. The lowest BCUT2D eigenvalue weighted by Crippen LogP contribution is -2.04. The molecule has 0 atom stereocenters. The molecule has 1 aliphatic heterocycles. The van der Waals surface area contributed by atoms with E-state index in [2.05, 4.69) is 29.8 Å². The quantitative estimate of drug-likeness (QED) is 0.741. The molecule has 0 spiro atoms. The van der Waals surface area contributed by atoms with E-state index in [1.807, 2.05) is 11.3 Å². The summed E-state index contributed by atoms with van der Waals surface area (Å²) in [6.45, 7) is 3.08. The topological polar surface area (TPSA) is 17.3 Å². The zero-order chi connectivity index (χ0) is 12.8. The Morgan fingerprint density at radius 2 is 2.16 bits per heavy atom. The van der Waals surface area contributed by atoms with Crippen LogP contribution in [0.5, 0.6) is 0 Å². The highest BCUT2D eigenvalue weighted by atomic mass is 32.1. The Hall–Kier alpha value is -1.35. The van der Waals surface area contributed by atoms with Crippen LogP contribution in [0.15, 0.2) is 23.3 Å². The summed E-state index contributed by atoms with van der Waals surface area (Å²) in [5.74, 6) is 0. The van der Waals surface area contributed by atoms with E-state index >= 15 is 0 Å². The molecule has 0 amide bonds. The standard InChI is InChI=1S/C16H18N2S/c1-2-13-14-7-5-9-18(14)16-12(10-17-13)11-6-3-4-8-15(11)19-16/h5,7,9H,2-4,6,8,10H2,1H3. The maximum atomic E-state index is 4.88. The van der Waals surface area contributed by atoms with Gasteiger partial charge in [-0.15, -0.1) is 11.3 Å². The lowest BCUT2D eigenvalue weighted by molar-refractivity contribution is 0.691. The summed E-state index contributed by atoms with van der Waals surface area (Å²) in [4.78, 5) is 6.50. The lowest BCUT2D eigenvalue weighted by Gasteiger charge is -2.11. The third kappa shape index (κ3) is 1.64. The molecule has 3 heterocycles. The number of thiophene rings is 1. The number of aromatic nitrogens is 1. The van der Waals surface area contributed by atoms with Crippen LogP contribution in [0.25, 0.3) is 5.00 Å². The molecule has 98 valence electrons. The molecule has 2 aromatic rings. The van der Waals surface area contributed by atoms with Crippen molar-refractivity contribution in [1.29, 1.82) is 0 Å². The van der Waals surface area contributed by atoms with Gasteiger partial charge in [0.1, 0.15) is 5.00 Å². The van der Waals surface area contributed by atoms with E-state index in [4.69, 9.17) is 4.99 Å². The number of aryl methyl sites for hydroxylation is 1. The summed E-state index contributed by atoms with van der Waals surface area (Å²) in [5, 5.41) is 1.43. The Bertz CT molecular complexity index is 660. The fourth-order valence-corrected chi connectivity index (χ4v) is 4.71. The second kappa shape index (κ2) is 4.34. The SMILES string of the molecule is CCC1=NCc2c(sc3c2CCCC3)-n2cccc21. The lowest BCUT2D eigenvalue weighted by atomic mass is 9.95. The van der Waals surface area contributed by atoms with Gasteiger partial charge in [-0.05, 0) is 49.8 Å². The van der Waals surface area contributed by atoms with Gasteiger partial charge in [-0.1, -0.05) is 6.92 Å². The van der Waals surface area contributed by atoms with Crippen LogP contribution in [-0.2, 0) is 19.4 Å². The third-order valence-corrected chi connectivity index (χ3v) is 5.62. The molecule has 0 radical (unpaired) electrons. The number of fused-ring (bicyclic) bond motifs is 5. The largest absolute Gasteiger partial charge is 0.307 e. The van der Waals surface area contributed by atoms with Crippen LogP contribution in [-0.4, -0.2) is 10.3 Å². The zero-order valence-corrected chi connectivity index (χ0v) is 12.1. The molecule has 1 aliphatic carbocycles. The van der Waals surface area contributed by atoms with Crippen molar-refractivity contribution in [3.63, 3.8) is 0 Å². The molecule has 2 nitrogen and oxygen atoms in total. The Balaban J connectivity index is 1.95. The van der Waals surface area contributed by atoms with Crippen LogP contribution >= 0.6 is 11.3 Å². The Labute approximate surface area is 117 Å². The second-order valence-electron chi connectivity index (χ2n) is 5.37. The van der Waals surface area contributed by atoms with Gasteiger partial charge in [0.2, 0.25) is 0 Å². The maximum Gasteiger partial charge on any atom is 0.105 e. The van der Waals surface area contributed by atoms with E-state index in [1.165, 1.54) is 47.7 Å². The predicted octanol–water partition coefficient (Wildman–Crippen LogP) is 4.13. The summed E-state index contributed by atoms with van der Waals surface area (Å²) in [6, 6.07) is 4.35. The molecule has 0 aromatic carbocycles. The molecule has 19 heavy (non-hydrogen) atoms. The van der Waals surface area contributed by atoms with Crippen LogP contribution in [0, 0.1) is 0 Å². The summed E-state index contributed by atoms with van der Waals surface area (Å²) in [6.07, 6.45) is 8.45. The van der Waals surface area contributed by atoms with Crippen LogP contribution in [0.3, 0.4) is 0 Å².